The van der Waals surface area contributed by atoms with Gasteiger partial charge in [-0.1, -0.05) is 13.8 Å². The number of carbonyl (C=O) groups is 2. The molecule has 2 aliphatic heterocycles. The van der Waals surface area contributed by atoms with Crippen molar-refractivity contribution < 1.29 is 31.7 Å². The van der Waals surface area contributed by atoms with Crippen LogP contribution in [0.25, 0.3) is 0 Å². The van der Waals surface area contributed by atoms with Crippen molar-refractivity contribution in [1.82, 2.24) is 29.3 Å². The molecule has 13 nitrogen and oxygen atoms in total. The van der Waals surface area contributed by atoms with Gasteiger partial charge in [0.25, 0.3) is 10.1 Å². The lowest BCUT2D eigenvalue weighted by atomic mass is 10.1. The maximum atomic E-state index is 11.9. The van der Waals surface area contributed by atoms with Gasteiger partial charge in [-0.2, -0.15) is 21.9 Å². The molecule has 4 heterocycles. The Morgan fingerprint density at radius 2 is 1.40 bits per heavy atom. The van der Waals surface area contributed by atoms with Gasteiger partial charge in [-0.25, -0.2) is 19.6 Å². The third-order valence-corrected chi connectivity index (χ3v) is 6.62. The number of aromatic nitrogens is 4. The van der Waals surface area contributed by atoms with Gasteiger partial charge < -0.3 is 28.8 Å². The number of halogens is 2. The summed E-state index contributed by atoms with van der Waals surface area (Å²) in [6.07, 6.45) is 11.2. The summed E-state index contributed by atoms with van der Waals surface area (Å²) in [5.74, 6) is 0.541. The molecule has 47 heavy (non-hydrogen) atoms. The van der Waals surface area contributed by atoms with Crippen molar-refractivity contribution in [3.05, 3.63) is 36.9 Å². The molecule has 1 N–H and O–H groups in total. The first kappa shape index (κ1) is 49.2. The van der Waals surface area contributed by atoms with E-state index in [0.717, 1.165) is 44.4 Å². The first-order valence-electron chi connectivity index (χ1n) is 15.1. The lowest BCUT2D eigenvalue weighted by Gasteiger charge is -2.24. The Bertz CT molecular complexity index is 1210. The van der Waals surface area contributed by atoms with Crippen LogP contribution < -0.4 is 0 Å². The smallest absolute Gasteiger partial charge is 0.410 e. The van der Waals surface area contributed by atoms with Crippen LogP contribution in [0.2, 0.25) is 0 Å². The van der Waals surface area contributed by atoms with Gasteiger partial charge in [0, 0.05) is 62.9 Å². The average Bonchev–Trinajstić information content (AvgIpc) is 3.71. The summed E-state index contributed by atoms with van der Waals surface area (Å²) in [5, 5.41) is 0. The van der Waals surface area contributed by atoms with Crippen LogP contribution in [0.1, 0.15) is 73.9 Å². The molecule has 0 bridgehead atoms. The third kappa shape index (κ3) is 22.9. The van der Waals surface area contributed by atoms with E-state index in [9.17, 15) is 18.0 Å². The van der Waals surface area contributed by atoms with Crippen molar-refractivity contribution >= 4 is 60.6 Å². The van der Waals surface area contributed by atoms with Crippen LogP contribution in [-0.2, 0) is 30.3 Å². The molecular formula is C30H58Cl2N6O7S2. The lowest BCUT2D eigenvalue weighted by molar-refractivity contribution is 0.0275. The molecule has 0 aromatic carbocycles. The predicted octanol–water partition coefficient (Wildman–Crippen LogP) is 6.06. The van der Waals surface area contributed by atoms with Crippen LogP contribution in [0.4, 0.5) is 9.59 Å². The van der Waals surface area contributed by atoms with E-state index < -0.39 is 21.3 Å². The number of amides is 2. The highest BCUT2D eigenvalue weighted by molar-refractivity contribution is 7.85. The van der Waals surface area contributed by atoms with Crippen LogP contribution in [0.15, 0.2) is 31.2 Å². The number of aromatic amines is 1. The fourth-order valence-corrected chi connectivity index (χ4v) is 4.61. The fraction of sp³-hybridized carbons (Fsp3) is 0.733. The number of hydrogen-bond donors (Lipinski definition) is 1. The number of imidazole rings is 2. The van der Waals surface area contributed by atoms with Crippen molar-refractivity contribution in [2.24, 2.45) is 11.8 Å². The zero-order chi connectivity index (χ0) is 33.6. The average molecular weight is 750 g/mol. The molecule has 0 unspecified atom stereocenters. The van der Waals surface area contributed by atoms with E-state index in [0.29, 0.717) is 19.0 Å². The highest BCUT2D eigenvalue weighted by atomic mass is 35.5. The van der Waals surface area contributed by atoms with E-state index in [1.807, 2.05) is 74.8 Å². The SMILES string of the molecule is CC.CC(C)(C)OC(=O)N1CC[C@@H](COS(C)(=O)=O)C1.CC(C)(C)OC(=O)N1CC[C@@H](Cn2ccnc2)C1.Cc1cnc[nH]1.Cl.Cl.S. The minimum atomic E-state index is -3.41. The Morgan fingerprint density at radius 3 is 1.77 bits per heavy atom. The van der Waals surface area contributed by atoms with Crippen LogP contribution in [0.3, 0.4) is 0 Å². The Morgan fingerprint density at radius 1 is 0.915 bits per heavy atom. The maximum Gasteiger partial charge on any atom is 0.410 e. The zero-order valence-corrected chi connectivity index (χ0v) is 33.0. The summed E-state index contributed by atoms with van der Waals surface area (Å²) in [7, 11) is -3.41. The number of nitrogens with zero attached hydrogens (tertiary/aromatic N) is 5. The summed E-state index contributed by atoms with van der Waals surface area (Å²) in [6.45, 7) is 20.7. The maximum absolute atomic E-state index is 11.9. The van der Waals surface area contributed by atoms with Crippen molar-refractivity contribution in [1.29, 1.82) is 0 Å². The predicted molar refractivity (Wildman–Crippen MR) is 194 cm³/mol. The summed E-state index contributed by atoms with van der Waals surface area (Å²) in [4.78, 5) is 37.7. The first-order chi connectivity index (χ1) is 20.4. The van der Waals surface area contributed by atoms with Gasteiger partial charge in [-0.15, -0.1) is 24.8 Å². The summed E-state index contributed by atoms with van der Waals surface area (Å²) in [5.41, 5.74) is 0.174. The Kier molecular flexibility index (Phi) is 24.3. The second-order valence-electron chi connectivity index (χ2n) is 12.6. The summed E-state index contributed by atoms with van der Waals surface area (Å²) >= 11 is 0. The lowest BCUT2D eigenvalue weighted by Crippen LogP contribution is -2.35. The molecule has 0 aliphatic carbocycles. The fourth-order valence-electron chi connectivity index (χ4n) is 4.17. The van der Waals surface area contributed by atoms with Gasteiger partial charge in [0.2, 0.25) is 0 Å². The number of hydrogen-bond acceptors (Lipinski definition) is 9. The normalized spacial score (nSPS) is 17.1. The minimum absolute atomic E-state index is 0. The van der Waals surface area contributed by atoms with E-state index in [2.05, 4.69) is 19.5 Å². The van der Waals surface area contributed by atoms with E-state index in [-0.39, 0.29) is 63.0 Å². The standard InChI is InChI=1S/C13H21N3O2.C11H21NO5S.C4H6N2.C2H6.2ClH.H2S/c1-13(2,3)18-12(17)16-6-4-11(9-16)8-15-7-5-14-10-15;1-11(2,3)17-10(13)12-6-5-9(7-12)8-16-18(4,14)15;1-4-2-5-3-6-4;1-2;;;/h5,7,10-11H,4,6,8-9H2,1-3H3;9H,5-8H2,1-4H3;2-3H,1H3,(H,5,6);1-2H3;2*1H;1H2/t11-;9-;;;;;/m01...../s1. The van der Waals surface area contributed by atoms with Crippen molar-refractivity contribution in [2.45, 2.75) is 92.9 Å². The minimum Gasteiger partial charge on any atom is -0.444 e. The van der Waals surface area contributed by atoms with E-state index in [4.69, 9.17) is 13.7 Å². The molecule has 17 heteroatoms. The Balaban J connectivity index is -0.000000636. The monoisotopic (exact) mass is 748 g/mol. The highest BCUT2D eigenvalue weighted by Gasteiger charge is 2.31. The van der Waals surface area contributed by atoms with Crippen LogP contribution in [0, 0.1) is 18.8 Å². The summed E-state index contributed by atoms with van der Waals surface area (Å²) < 4.78 is 39.1. The van der Waals surface area contributed by atoms with Crippen LogP contribution in [0.5, 0.6) is 0 Å². The van der Waals surface area contributed by atoms with E-state index in [1.165, 1.54) is 0 Å². The second kappa shape index (κ2) is 23.2. The molecular weight excluding hydrogens is 691 g/mol. The van der Waals surface area contributed by atoms with Gasteiger partial charge in [-0.3, -0.25) is 4.18 Å². The van der Waals surface area contributed by atoms with Gasteiger partial charge in [0.05, 0.1) is 25.5 Å². The number of ether oxygens (including phenoxy) is 2. The molecule has 2 amide bonds. The largest absolute Gasteiger partial charge is 0.444 e. The van der Waals surface area contributed by atoms with Gasteiger partial charge in [0.15, 0.2) is 0 Å². The molecule has 2 aromatic rings. The Hall–Kier alpha value is -2.20. The zero-order valence-electron chi connectivity index (χ0n) is 29.5. The van der Waals surface area contributed by atoms with Gasteiger partial charge in [-0.05, 0) is 67.2 Å². The summed E-state index contributed by atoms with van der Waals surface area (Å²) in [6, 6.07) is 0. The Labute approximate surface area is 301 Å². The highest BCUT2D eigenvalue weighted by Crippen LogP contribution is 2.21. The quantitative estimate of drug-likeness (QED) is 0.360. The van der Waals surface area contributed by atoms with Crippen LogP contribution in [-0.4, -0.2) is 100 Å². The van der Waals surface area contributed by atoms with Crippen LogP contribution >= 0.6 is 38.3 Å². The van der Waals surface area contributed by atoms with Gasteiger partial charge >= 0.3 is 12.2 Å². The second-order valence-corrected chi connectivity index (χ2v) is 14.3. The topological polar surface area (TPSA) is 149 Å². The number of aryl methyl sites for hydroxylation is 1. The molecule has 2 saturated heterocycles. The molecule has 2 aliphatic rings. The number of H-pyrrole nitrogens is 1. The molecule has 2 aromatic heterocycles. The van der Waals surface area contributed by atoms with E-state index >= 15 is 0 Å². The number of rotatable bonds is 5. The molecule has 0 radical (unpaired) electrons. The number of nitrogens with one attached hydrogen (secondary N) is 1. The van der Waals surface area contributed by atoms with E-state index in [1.54, 1.807) is 28.5 Å². The van der Waals surface area contributed by atoms with Crippen molar-refractivity contribution in [3.63, 3.8) is 0 Å². The molecule has 2 atom stereocenters. The molecule has 276 valence electrons. The molecule has 2 fully saturated rings. The molecule has 4 rings (SSSR count). The molecule has 0 saturated carbocycles. The van der Waals surface area contributed by atoms with Crippen molar-refractivity contribution in [3.8, 4) is 0 Å². The first-order valence-corrected chi connectivity index (χ1v) is 16.9. The third-order valence-electron chi connectivity index (χ3n) is 6.06. The number of likely N-dealkylation sites (tertiary alicyclic amines) is 2. The number of carbonyl (C=O) groups excluding carboxylic acids is 2. The molecule has 0 spiro atoms. The van der Waals surface area contributed by atoms with Crippen molar-refractivity contribution in [2.75, 3.05) is 39.0 Å². The van der Waals surface area contributed by atoms with Gasteiger partial charge in [0.1, 0.15) is 11.2 Å².